The zero-order valence-corrected chi connectivity index (χ0v) is 17.2. The molecule has 3 rings (SSSR count). The molecule has 6 nitrogen and oxygen atoms in total. The monoisotopic (exact) mass is 397 g/mol. The van der Waals surface area contributed by atoms with Crippen molar-refractivity contribution in [2.45, 2.75) is 39.5 Å². The molecule has 0 aliphatic heterocycles. The summed E-state index contributed by atoms with van der Waals surface area (Å²) in [4.78, 5) is 12.2. The average Bonchev–Trinajstić information content (AvgIpc) is 3.12. The Kier molecular flexibility index (Phi) is 6.36. The lowest BCUT2D eigenvalue weighted by Gasteiger charge is -2.08. The molecule has 0 fully saturated rings. The van der Waals surface area contributed by atoms with Crippen LogP contribution in [-0.4, -0.2) is 21.9 Å². The summed E-state index contributed by atoms with van der Waals surface area (Å²) in [7, 11) is 0. The van der Waals surface area contributed by atoms with E-state index < -0.39 is 0 Å². The van der Waals surface area contributed by atoms with E-state index in [2.05, 4.69) is 22.4 Å². The summed E-state index contributed by atoms with van der Waals surface area (Å²) >= 11 is 1.20. The Bertz CT molecular complexity index is 985. The minimum atomic E-state index is -0.121. The molecule has 28 heavy (non-hydrogen) atoms. The number of anilines is 1. The molecule has 146 valence electrons. The first kappa shape index (κ1) is 19.9. The Hall–Kier alpha value is -2.80. The summed E-state index contributed by atoms with van der Waals surface area (Å²) in [5.41, 5.74) is 5.31. The van der Waals surface area contributed by atoms with Gasteiger partial charge in [-0.05, 0) is 68.1 Å². The molecule has 0 radical (unpaired) electrons. The van der Waals surface area contributed by atoms with Crippen LogP contribution in [0.4, 0.5) is 5.69 Å². The number of aromatic nitrogens is 2. The summed E-state index contributed by atoms with van der Waals surface area (Å²) in [6.07, 6.45) is 0. The van der Waals surface area contributed by atoms with Gasteiger partial charge in [-0.25, -0.2) is 0 Å². The molecule has 1 aromatic heterocycles. The van der Waals surface area contributed by atoms with Gasteiger partial charge in [-0.2, -0.15) is 0 Å². The third kappa shape index (κ3) is 5.36. The van der Waals surface area contributed by atoms with E-state index in [4.69, 9.17) is 9.15 Å². The Morgan fingerprint density at radius 1 is 1.04 bits per heavy atom. The fourth-order valence-corrected chi connectivity index (χ4v) is 3.07. The van der Waals surface area contributed by atoms with Gasteiger partial charge in [-0.3, -0.25) is 4.79 Å². The van der Waals surface area contributed by atoms with Crippen LogP contribution in [0.1, 0.15) is 28.1 Å². The van der Waals surface area contributed by atoms with Gasteiger partial charge in [-0.15, -0.1) is 10.2 Å². The van der Waals surface area contributed by atoms with Gasteiger partial charge in [0.05, 0.1) is 5.75 Å². The first-order chi connectivity index (χ1) is 13.4. The number of nitrogens with zero attached hydrogens (tertiary/aromatic N) is 2. The van der Waals surface area contributed by atoms with E-state index in [9.17, 15) is 4.79 Å². The van der Waals surface area contributed by atoms with Crippen molar-refractivity contribution in [2.24, 2.45) is 0 Å². The third-order valence-corrected chi connectivity index (χ3v) is 5.10. The van der Waals surface area contributed by atoms with Crippen LogP contribution in [0.15, 0.2) is 46.0 Å². The lowest BCUT2D eigenvalue weighted by Crippen LogP contribution is -2.14. The van der Waals surface area contributed by atoms with E-state index in [0.717, 1.165) is 28.1 Å². The van der Waals surface area contributed by atoms with Gasteiger partial charge in [0.1, 0.15) is 5.75 Å². The Balaban J connectivity index is 1.49. The molecule has 2 aromatic carbocycles. The number of aryl methyl sites for hydroxylation is 4. The van der Waals surface area contributed by atoms with Crippen molar-refractivity contribution in [2.75, 3.05) is 11.1 Å². The number of amides is 1. The van der Waals surface area contributed by atoms with E-state index >= 15 is 0 Å². The van der Waals surface area contributed by atoms with Gasteiger partial charge >= 0.3 is 0 Å². The molecule has 0 spiro atoms. The second kappa shape index (κ2) is 8.93. The van der Waals surface area contributed by atoms with Crippen molar-refractivity contribution in [3.63, 3.8) is 0 Å². The summed E-state index contributed by atoms with van der Waals surface area (Å²) < 4.78 is 11.2. The zero-order chi connectivity index (χ0) is 20.1. The van der Waals surface area contributed by atoms with Crippen molar-refractivity contribution in [3.05, 3.63) is 64.5 Å². The van der Waals surface area contributed by atoms with Gasteiger partial charge in [-0.1, -0.05) is 30.0 Å². The Morgan fingerprint density at radius 2 is 1.82 bits per heavy atom. The van der Waals surface area contributed by atoms with Crippen LogP contribution in [0.5, 0.6) is 5.75 Å². The summed E-state index contributed by atoms with van der Waals surface area (Å²) in [6, 6.07) is 11.8. The van der Waals surface area contributed by atoms with Crippen molar-refractivity contribution in [1.29, 1.82) is 0 Å². The van der Waals surface area contributed by atoms with Gasteiger partial charge < -0.3 is 14.5 Å². The van der Waals surface area contributed by atoms with Crippen LogP contribution < -0.4 is 10.1 Å². The standard InChI is InChI=1S/C21H23N3O3S/c1-13-5-6-15(3)18(9-13)22-19(25)12-28-21-24-23-20(27-21)11-26-17-8-7-14(2)16(4)10-17/h5-10H,11-12H2,1-4H3,(H,22,25). The molecular formula is C21H23N3O3S. The second-order valence-corrected chi connectivity index (χ2v) is 7.58. The average molecular weight is 398 g/mol. The molecule has 3 aromatic rings. The number of carbonyl (C=O) groups excluding carboxylic acids is 1. The van der Waals surface area contributed by atoms with Crippen LogP contribution in [0.3, 0.4) is 0 Å². The molecule has 1 heterocycles. The second-order valence-electron chi connectivity index (χ2n) is 6.65. The summed E-state index contributed by atoms with van der Waals surface area (Å²) in [6.45, 7) is 8.22. The number of rotatable bonds is 7. The van der Waals surface area contributed by atoms with Crippen LogP contribution in [0, 0.1) is 27.7 Å². The third-order valence-electron chi connectivity index (χ3n) is 4.28. The van der Waals surface area contributed by atoms with E-state index in [1.807, 2.05) is 57.2 Å². The van der Waals surface area contributed by atoms with Gasteiger partial charge in [0, 0.05) is 5.69 Å². The number of nitrogens with one attached hydrogen (secondary N) is 1. The van der Waals surface area contributed by atoms with Crippen LogP contribution in [-0.2, 0) is 11.4 Å². The van der Waals surface area contributed by atoms with Crippen molar-refractivity contribution < 1.29 is 13.9 Å². The SMILES string of the molecule is Cc1ccc(C)c(NC(=O)CSc2nnc(COc3ccc(C)c(C)c3)o2)c1. The van der Waals surface area contributed by atoms with Crippen molar-refractivity contribution in [1.82, 2.24) is 10.2 Å². The molecule has 0 saturated carbocycles. The van der Waals surface area contributed by atoms with E-state index in [1.54, 1.807) is 0 Å². The highest BCUT2D eigenvalue weighted by molar-refractivity contribution is 7.99. The molecule has 1 amide bonds. The Labute approximate surface area is 168 Å². The molecule has 0 saturated heterocycles. The summed E-state index contributed by atoms with van der Waals surface area (Å²) in [5.74, 6) is 1.19. The minimum Gasteiger partial charge on any atom is -0.484 e. The first-order valence-electron chi connectivity index (χ1n) is 8.93. The lowest BCUT2D eigenvalue weighted by atomic mass is 10.1. The maximum absolute atomic E-state index is 12.2. The maximum Gasteiger partial charge on any atom is 0.277 e. The molecular weight excluding hydrogens is 374 g/mol. The molecule has 0 aliphatic carbocycles. The molecule has 0 aliphatic rings. The first-order valence-corrected chi connectivity index (χ1v) is 9.91. The van der Waals surface area contributed by atoms with Gasteiger partial charge in [0.15, 0.2) is 6.61 Å². The number of hydrogen-bond donors (Lipinski definition) is 1. The van der Waals surface area contributed by atoms with Crippen molar-refractivity contribution in [3.8, 4) is 5.75 Å². The highest BCUT2D eigenvalue weighted by atomic mass is 32.2. The number of thioether (sulfide) groups is 1. The number of ether oxygens (including phenoxy) is 1. The number of carbonyl (C=O) groups is 1. The predicted molar refractivity (Wildman–Crippen MR) is 110 cm³/mol. The normalized spacial score (nSPS) is 10.7. The van der Waals surface area contributed by atoms with Crippen molar-refractivity contribution >= 4 is 23.4 Å². The molecule has 7 heteroatoms. The summed E-state index contributed by atoms with van der Waals surface area (Å²) in [5, 5.41) is 11.2. The molecule has 0 bridgehead atoms. The smallest absolute Gasteiger partial charge is 0.277 e. The fourth-order valence-electron chi connectivity index (χ4n) is 2.49. The van der Waals surface area contributed by atoms with E-state index in [-0.39, 0.29) is 18.3 Å². The van der Waals surface area contributed by atoms with Crippen LogP contribution in [0.2, 0.25) is 0 Å². The molecule has 1 N–H and O–H groups in total. The molecule has 0 atom stereocenters. The topological polar surface area (TPSA) is 77.2 Å². The zero-order valence-electron chi connectivity index (χ0n) is 16.4. The number of benzene rings is 2. The highest BCUT2D eigenvalue weighted by Gasteiger charge is 2.11. The van der Waals surface area contributed by atoms with Gasteiger partial charge in [0.25, 0.3) is 11.1 Å². The number of hydrogen-bond acceptors (Lipinski definition) is 6. The Morgan fingerprint density at radius 3 is 2.61 bits per heavy atom. The largest absolute Gasteiger partial charge is 0.484 e. The quantitative estimate of drug-likeness (QED) is 0.587. The lowest BCUT2D eigenvalue weighted by molar-refractivity contribution is -0.113. The van der Waals surface area contributed by atoms with E-state index in [1.165, 1.54) is 17.3 Å². The van der Waals surface area contributed by atoms with E-state index in [0.29, 0.717) is 11.1 Å². The predicted octanol–water partition coefficient (Wildman–Crippen LogP) is 4.61. The van der Waals surface area contributed by atoms with Crippen LogP contribution >= 0.6 is 11.8 Å². The molecule has 0 unspecified atom stereocenters. The minimum absolute atomic E-state index is 0.121. The van der Waals surface area contributed by atoms with Gasteiger partial charge in [0.2, 0.25) is 5.91 Å². The maximum atomic E-state index is 12.2. The van der Waals surface area contributed by atoms with Crippen LogP contribution in [0.25, 0.3) is 0 Å². The fraction of sp³-hybridized carbons (Fsp3) is 0.286. The highest BCUT2D eigenvalue weighted by Crippen LogP contribution is 2.21.